The summed E-state index contributed by atoms with van der Waals surface area (Å²) in [6.07, 6.45) is -4.73. The highest BCUT2D eigenvalue weighted by atomic mass is 79.9. The summed E-state index contributed by atoms with van der Waals surface area (Å²) in [7, 11) is 1.84. The van der Waals surface area contributed by atoms with Crippen LogP contribution in [0.2, 0.25) is 0 Å². The van der Waals surface area contributed by atoms with Gasteiger partial charge in [-0.1, -0.05) is 18.1 Å². The second kappa shape index (κ2) is 8.37. The van der Waals surface area contributed by atoms with E-state index < -0.39 is 6.36 Å². The van der Waals surface area contributed by atoms with Crippen LogP contribution in [-0.2, 0) is 0 Å². The minimum atomic E-state index is -4.73. The molecule has 0 spiro atoms. The van der Waals surface area contributed by atoms with E-state index in [-0.39, 0.29) is 5.75 Å². The monoisotopic (exact) mass is 436 g/mol. The molecule has 0 fully saturated rings. The SMILES string of the molecule is CC#CCN(C)c1c(C)c(-c2ccc(OC(F)(F)F)cc2)cc(Br)c1C#N. The fourth-order valence-electron chi connectivity index (χ4n) is 2.73. The molecule has 0 unspecified atom stereocenters. The zero-order chi connectivity index (χ0) is 20.2. The third kappa shape index (κ3) is 4.96. The second-order valence-electron chi connectivity index (χ2n) is 5.72. The molecule has 0 bridgehead atoms. The molecule has 2 aromatic carbocycles. The molecule has 0 aliphatic rings. The van der Waals surface area contributed by atoms with E-state index in [4.69, 9.17) is 0 Å². The Bertz CT molecular complexity index is 935. The first kappa shape index (κ1) is 20.7. The second-order valence-corrected chi connectivity index (χ2v) is 6.58. The maximum absolute atomic E-state index is 12.3. The van der Waals surface area contributed by atoms with Crippen LogP contribution in [0.3, 0.4) is 0 Å². The van der Waals surface area contributed by atoms with Crippen LogP contribution in [0.25, 0.3) is 11.1 Å². The molecule has 0 aromatic heterocycles. The number of halogens is 4. The largest absolute Gasteiger partial charge is 0.573 e. The van der Waals surface area contributed by atoms with E-state index in [1.807, 2.05) is 18.9 Å². The maximum Gasteiger partial charge on any atom is 0.573 e. The number of hydrogen-bond acceptors (Lipinski definition) is 3. The van der Waals surface area contributed by atoms with Gasteiger partial charge < -0.3 is 9.64 Å². The Hall–Kier alpha value is -2.64. The molecule has 2 rings (SSSR count). The first-order valence-electron chi connectivity index (χ1n) is 7.88. The van der Waals surface area contributed by atoms with Gasteiger partial charge in [-0.3, -0.25) is 0 Å². The van der Waals surface area contributed by atoms with Crippen molar-refractivity contribution in [3.63, 3.8) is 0 Å². The van der Waals surface area contributed by atoms with Crippen molar-refractivity contribution in [2.24, 2.45) is 0 Å². The lowest BCUT2D eigenvalue weighted by atomic mass is 9.96. The first-order chi connectivity index (χ1) is 12.7. The van der Waals surface area contributed by atoms with E-state index >= 15 is 0 Å². The van der Waals surface area contributed by atoms with Crippen LogP contribution in [0.4, 0.5) is 18.9 Å². The molecule has 0 aliphatic heterocycles. The Balaban J connectivity index is 2.53. The highest BCUT2D eigenvalue weighted by Gasteiger charge is 2.31. The summed E-state index contributed by atoms with van der Waals surface area (Å²) in [5.74, 6) is 5.49. The van der Waals surface area contributed by atoms with Crippen molar-refractivity contribution in [3.8, 4) is 34.8 Å². The van der Waals surface area contributed by atoms with E-state index in [9.17, 15) is 18.4 Å². The third-order valence-electron chi connectivity index (χ3n) is 3.89. The fourth-order valence-corrected chi connectivity index (χ4v) is 3.24. The number of nitriles is 1. The molecule has 0 saturated heterocycles. The highest BCUT2D eigenvalue weighted by molar-refractivity contribution is 9.10. The van der Waals surface area contributed by atoms with E-state index in [2.05, 4.69) is 38.6 Å². The van der Waals surface area contributed by atoms with Crippen LogP contribution in [0.1, 0.15) is 18.1 Å². The molecule has 0 atom stereocenters. The number of benzene rings is 2. The molecule has 27 heavy (non-hydrogen) atoms. The van der Waals surface area contributed by atoms with Crippen molar-refractivity contribution in [2.45, 2.75) is 20.2 Å². The Morgan fingerprint density at radius 3 is 2.37 bits per heavy atom. The summed E-state index contributed by atoms with van der Waals surface area (Å²) in [4.78, 5) is 1.87. The molecular weight excluding hydrogens is 421 g/mol. The highest BCUT2D eigenvalue weighted by Crippen LogP contribution is 2.38. The van der Waals surface area contributed by atoms with Crippen molar-refractivity contribution in [2.75, 3.05) is 18.5 Å². The van der Waals surface area contributed by atoms with Crippen LogP contribution in [0.15, 0.2) is 34.8 Å². The topological polar surface area (TPSA) is 36.3 Å². The van der Waals surface area contributed by atoms with Gasteiger partial charge in [0.15, 0.2) is 0 Å². The van der Waals surface area contributed by atoms with E-state index in [1.54, 1.807) is 25.1 Å². The molecule has 0 saturated carbocycles. The van der Waals surface area contributed by atoms with Crippen LogP contribution < -0.4 is 9.64 Å². The minimum absolute atomic E-state index is 0.285. The van der Waals surface area contributed by atoms with Gasteiger partial charge in [-0.05, 0) is 64.7 Å². The van der Waals surface area contributed by atoms with Crippen LogP contribution in [-0.4, -0.2) is 20.0 Å². The molecule has 7 heteroatoms. The number of rotatable bonds is 4. The lowest BCUT2D eigenvalue weighted by Gasteiger charge is -2.23. The van der Waals surface area contributed by atoms with Gasteiger partial charge in [0.2, 0.25) is 0 Å². The standard InChI is InChI=1S/C20H16BrF3N2O/c1-4-5-10-26(3)19-13(2)16(11-18(21)17(19)12-25)14-6-8-15(9-7-14)27-20(22,23)24/h6-9,11H,10H2,1-3H3. The van der Waals surface area contributed by atoms with Crippen molar-refractivity contribution >= 4 is 21.6 Å². The van der Waals surface area contributed by atoms with Crippen molar-refractivity contribution in [1.29, 1.82) is 5.26 Å². The number of nitrogens with zero attached hydrogens (tertiary/aromatic N) is 2. The van der Waals surface area contributed by atoms with Gasteiger partial charge in [0.25, 0.3) is 0 Å². The van der Waals surface area contributed by atoms with Crippen molar-refractivity contribution < 1.29 is 17.9 Å². The predicted octanol–water partition coefficient (Wildman–Crippen LogP) is 5.65. The molecule has 2 aromatic rings. The average Bonchev–Trinajstić information content (AvgIpc) is 2.60. The molecule has 0 N–H and O–H groups in total. The number of alkyl halides is 3. The van der Waals surface area contributed by atoms with Gasteiger partial charge in [0.1, 0.15) is 11.8 Å². The van der Waals surface area contributed by atoms with Gasteiger partial charge in [0.05, 0.1) is 17.8 Å². The molecular formula is C20H16BrF3N2O. The van der Waals surface area contributed by atoms with E-state index in [1.165, 1.54) is 12.1 Å². The van der Waals surface area contributed by atoms with E-state index in [0.29, 0.717) is 22.1 Å². The van der Waals surface area contributed by atoms with Gasteiger partial charge >= 0.3 is 6.36 Å². The quantitative estimate of drug-likeness (QED) is 0.580. The van der Waals surface area contributed by atoms with E-state index in [0.717, 1.165) is 16.8 Å². The predicted molar refractivity (Wildman–Crippen MR) is 102 cm³/mol. The summed E-state index contributed by atoms with van der Waals surface area (Å²) in [6, 6.07) is 9.62. The maximum atomic E-state index is 12.3. The Morgan fingerprint density at radius 1 is 1.22 bits per heavy atom. The Morgan fingerprint density at radius 2 is 1.85 bits per heavy atom. The summed E-state index contributed by atoms with van der Waals surface area (Å²) < 4.78 is 41.5. The van der Waals surface area contributed by atoms with Crippen LogP contribution in [0.5, 0.6) is 5.75 Å². The van der Waals surface area contributed by atoms with Gasteiger partial charge in [-0.25, -0.2) is 0 Å². The fraction of sp³-hybridized carbons (Fsp3) is 0.250. The lowest BCUT2D eigenvalue weighted by Crippen LogP contribution is -2.20. The molecule has 140 valence electrons. The smallest absolute Gasteiger partial charge is 0.406 e. The minimum Gasteiger partial charge on any atom is -0.406 e. The first-order valence-corrected chi connectivity index (χ1v) is 8.67. The van der Waals surface area contributed by atoms with Crippen molar-refractivity contribution in [1.82, 2.24) is 0 Å². The molecule has 0 aliphatic carbocycles. The zero-order valence-electron chi connectivity index (χ0n) is 14.9. The Kier molecular flexibility index (Phi) is 6.41. The summed E-state index contributed by atoms with van der Waals surface area (Å²) in [6.45, 7) is 4.05. The molecule has 0 heterocycles. The Labute approximate surface area is 164 Å². The van der Waals surface area contributed by atoms with Crippen LogP contribution >= 0.6 is 15.9 Å². The number of anilines is 1. The number of hydrogen-bond donors (Lipinski definition) is 0. The zero-order valence-corrected chi connectivity index (χ0v) is 16.5. The molecule has 0 radical (unpaired) electrons. The van der Waals surface area contributed by atoms with Crippen molar-refractivity contribution in [3.05, 3.63) is 45.9 Å². The van der Waals surface area contributed by atoms with Gasteiger partial charge in [-0.15, -0.1) is 19.1 Å². The third-order valence-corrected chi connectivity index (χ3v) is 4.52. The van der Waals surface area contributed by atoms with Crippen LogP contribution in [0, 0.1) is 30.1 Å². The average molecular weight is 437 g/mol. The number of ether oxygens (including phenoxy) is 1. The molecule has 3 nitrogen and oxygen atoms in total. The summed E-state index contributed by atoms with van der Waals surface area (Å²) in [5, 5.41) is 9.54. The normalized spacial score (nSPS) is 10.6. The summed E-state index contributed by atoms with van der Waals surface area (Å²) in [5.41, 5.74) is 3.54. The summed E-state index contributed by atoms with van der Waals surface area (Å²) >= 11 is 3.42. The molecule has 0 amide bonds. The van der Waals surface area contributed by atoms with Gasteiger partial charge in [-0.2, -0.15) is 5.26 Å². The lowest BCUT2D eigenvalue weighted by molar-refractivity contribution is -0.274. The van der Waals surface area contributed by atoms with Gasteiger partial charge in [0, 0.05) is 11.5 Å².